The SMILES string of the molecule is CNCc1ccccc1NC(=O)c1ccc(Br)c(C)c1. The van der Waals surface area contributed by atoms with Crippen molar-refractivity contribution in [2.75, 3.05) is 12.4 Å². The van der Waals surface area contributed by atoms with Crippen molar-refractivity contribution < 1.29 is 4.79 Å². The van der Waals surface area contributed by atoms with Gasteiger partial charge >= 0.3 is 0 Å². The summed E-state index contributed by atoms with van der Waals surface area (Å²) in [4.78, 5) is 12.3. The molecule has 0 atom stereocenters. The van der Waals surface area contributed by atoms with Gasteiger partial charge < -0.3 is 10.6 Å². The molecule has 2 rings (SSSR count). The lowest BCUT2D eigenvalue weighted by Gasteiger charge is -2.11. The number of para-hydroxylation sites is 1. The Kier molecular flexibility index (Phi) is 4.93. The molecule has 0 aliphatic heterocycles. The minimum absolute atomic E-state index is 0.0934. The first-order valence-electron chi connectivity index (χ1n) is 6.42. The van der Waals surface area contributed by atoms with E-state index < -0.39 is 0 Å². The van der Waals surface area contributed by atoms with E-state index in [1.807, 2.05) is 56.4 Å². The summed E-state index contributed by atoms with van der Waals surface area (Å²) in [5, 5.41) is 6.06. The fourth-order valence-corrected chi connectivity index (χ4v) is 2.21. The van der Waals surface area contributed by atoms with Crippen LogP contribution in [0.5, 0.6) is 0 Å². The third-order valence-corrected chi connectivity index (χ3v) is 3.94. The molecule has 0 fully saturated rings. The Morgan fingerprint density at radius 1 is 1.20 bits per heavy atom. The van der Waals surface area contributed by atoms with E-state index in [1.54, 1.807) is 0 Å². The average Bonchev–Trinajstić information content (AvgIpc) is 2.44. The zero-order valence-electron chi connectivity index (χ0n) is 11.5. The molecule has 0 saturated carbocycles. The van der Waals surface area contributed by atoms with Gasteiger partial charge in [-0.2, -0.15) is 0 Å². The molecule has 0 aliphatic carbocycles. The highest BCUT2D eigenvalue weighted by Crippen LogP contribution is 2.19. The zero-order chi connectivity index (χ0) is 14.5. The quantitative estimate of drug-likeness (QED) is 0.895. The van der Waals surface area contributed by atoms with Crippen LogP contribution in [0.2, 0.25) is 0 Å². The third kappa shape index (κ3) is 3.46. The summed E-state index contributed by atoms with van der Waals surface area (Å²) in [6.07, 6.45) is 0. The summed E-state index contributed by atoms with van der Waals surface area (Å²) >= 11 is 3.44. The fourth-order valence-electron chi connectivity index (χ4n) is 1.97. The van der Waals surface area contributed by atoms with Crippen LogP contribution in [0.25, 0.3) is 0 Å². The van der Waals surface area contributed by atoms with E-state index in [1.165, 1.54) is 0 Å². The maximum absolute atomic E-state index is 12.3. The van der Waals surface area contributed by atoms with Gasteiger partial charge in [-0.05, 0) is 49.4 Å². The van der Waals surface area contributed by atoms with Crippen LogP contribution in [0.15, 0.2) is 46.9 Å². The molecule has 2 aromatic rings. The van der Waals surface area contributed by atoms with Gasteiger partial charge in [0.25, 0.3) is 5.91 Å². The van der Waals surface area contributed by atoms with Crippen molar-refractivity contribution >= 4 is 27.5 Å². The number of rotatable bonds is 4. The first kappa shape index (κ1) is 14.8. The molecule has 0 bridgehead atoms. The Morgan fingerprint density at radius 3 is 2.65 bits per heavy atom. The van der Waals surface area contributed by atoms with Crippen LogP contribution in [-0.4, -0.2) is 13.0 Å². The van der Waals surface area contributed by atoms with Gasteiger partial charge in [0.05, 0.1) is 0 Å². The van der Waals surface area contributed by atoms with E-state index in [9.17, 15) is 4.79 Å². The van der Waals surface area contributed by atoms with E-state index in [-0.39, 0.29) is 5.91 Å². The highest BCUT2D eigenvalue weighted by Gasteiger charge is 2.09. The number of hydrogen-bond donors (Lipinski definition) is 2. The predicted molar refractivity (Wildman–Crippen MR) is 86.0 cm³/mol. The lowest BCUT2D eigenvalue weighted by Crippen LogP contribution is -2.15. The Labute approximate surface area is 127 Å². The van der Waals surface area contributed by atoms with Gasteiger partial charge in [0.1, 0.15) is 0 Å². The Hall–Kier alpha value is -1.65. The van der Waals surface area contributed by atoms with Crippen LogP contribution in [-0.2, 0) is 6.54 Å². The molecule has 0 heterocycles. The Balaban J connectivity index is 2.21. The fraction of sp³-hybridized carbons (Fsp3) is 0.188. The van der Waals surface area contributed by atoms with Crippen molar-refractivity contribution in [3.8, 4) is 0 Å². The van der Waals surface area contributed by atoms with Crippen LogP contribution in [0.3, 0.4) is 0 Å². The van der Waals surface area contributed by atoms with Gasteiger partial charge in [-0.3, -0.25) is 4.79 Å². The molecule has 104 valence electrons. The molecule has 20 heavy (non-hydrogen) atoms. The molecule has 3 nitrogen and oxygen atoms in total. The number of carbonyl (C=O) groups is 1. The van der Waals surface area contributed by atoms with Crippen LogP contribution in [0.4, 0.5) is 5.69 Å². The molecule has 0 radical (unpaired) electrons. The first-order valence-corrected chi connectivity index (χ1v) is 7.21. The summed E-state index contributed by atoms with van der Waals surface area (Å²) in [6, 6.07) is 13.4. The summed E-state index contributed by atoms with van der Waals surface area (Å²) in [6.45, 7) is 2.69. The van der Waals surface area contributed by atoms with E-state index in [0.717, 1.165) is 27.8 Å². The standard InChI is InChI=1S/C16H17BrN2O/c1-11-9-12(7-8-14(11)17)16(20)19-15-6-4-3-5-13(15)10-18-2/h3-9,18H,10H2,1-2H3,(H,19,20). The maximum atomic E-state index is 12.3. The van der Waals surface area contributed by atoms with Gasteiger partial charge in [-0.1, -0.05) is 34.1 Å². The lowest BCUT2D eigenvalue weighted by molar-refractivity contribution is 0.102. The van der Waals surface area contributed by atoms with Crippen molar-refractivity contribution in [2.45, 2.75) is 13.5 Å². The summed E-state index contributed by atoms with van der Waals surface area (Å²) in [5.74, 6) is -0.0934. The molecule has 0 aliphatic rings. The normalized spacial score (nSPS) is 10.3. The highest BCUT2D eigenvalue weighted by atomic mass is 79.9. The van der Waals surface area contributed by atoms with E-state index in [2.05, 4.69) is 26.6 Å². The minimum Gasteiger partial charge on any atom is -0.322 e. The summed E-state index contributed by atoms with van der Waals surface area (Å²) < 4.78 is 1.00. The average molecular weight is 333 g/mol. The number of aryl methyl sites for hydroxylation is 1. The number of benzene rings is 2. The lowest BCUT2D eigenvalue weighted by atomic mass is 10.1. The van der Waals surface area contributed by atoms with Crippen LogP contribution in [0, 0.1) is 6.92 Å². The largest absolute Gasteiger partial charge is 0.322 e. The number of carbonyl (C=O) groups excluding carboxylic acids is 1. The van der Waals surface area contributed by atoms with Crippen molar-refractivity contribution in [1.29, 1.82) is 0 Å². The van der Waals surface area contributed by atoms with Crippen LogP contribution >= 0.6 is 15.9 Å². The molecule has 0 spiro atoms. The third-order valence-electron chi connectivity index (χ3n) is 3.05. The second kappa shape index (κ2) is 6.68. The topological polar surface area (TPSA) is 41.1 Å². The van der Waals surface area contributed by atoms with Crippen LogP contribution in [0.1, 0.15) is 21.5 Å². The van der Waals surface area contributed by atoms with Gasteiger partial charge in [-0.25, -0.2) is 0 Å². The van der Waals surface area contributed by atoms with E-state index in [0.29, 0.717) is 5.56 Å². The zero-order valence-corrected chi connectivity index (χ0v) is 13.1. The number of anilines is 1. The second-order valence-corrected chi connectivity index (χ2v) is 5.46. The number of amides is 1. The van der Waals surface area contributed by atoms with Crippen molar-refractivity contribution in [2.24, 2.45) is 0 Å². The van der Waals surface area contributed by atoms with E-state index in [4.69, 9.17) is 0 Å². The Morgan fingerprint density at radius 2 is 1.95 bits per heavy atom. The van der Waals surface area contributed by atoms with Crippen molar-refractivity contribution in [3.05, 3.63) is 63.6 Å². The number of hydrogen-bond acceptors (Lipinski definition) is 2. The molecule has 1 amide bonds. The van der Waals surface area contributed by atoms with Gasteiger partial charge in [-0.15, -0.1) is 0 Å². The molecule has 0 unspecified atom stereocenters. The molecular weight excluding hydrogens is 316 g/mol. The highest BCUT2D eigenvalue weighted by molar-refractivity contribution is 9.10. The molecule has 4 heteroatoms. The molecule has 0 saturated heterocycles. The molecule has 0 aromatic heterocycles. The second-order valence-electron chi connectivity index (χ2n) is 4.61. The van der Waals surface area contributed by atoms with Gasteiger partial charge in [0.2, 0.25) is 0 Å². The smallest absolute Gasteiger partial charge is 0.255 e. The monoisotopic (exact) mass is 332 g/mol. The predicted octanol–water partition coefficient (Wildman–Crippen LogP) is 3.73. The molecular formula is C16H17BrN2O. The minimum atomic E-state index is -0.0934. The Bertz CT molecular complexity index is 626. The number of halogens is 1. The van der Waals surface area contributed by atoms with Crippen molar-refractivity contribution in [1.82, 2.24) is 5.32 Å². The van der Waals surface area contributed by atoms with Gasteiger partial charge in [0, 0.05) is 22.3 Å². The number of nitrogens with one attached hydrogen (secondary N) is 2. The molecule has 2 N–H and O–H groups in total. The summed E-state index contributed by atoms with van der Waals surface area (Å²) in [7, 11) is 1.89. The first-order chi connectivity index (χ1) is 9.61. The van der Waals surface area contributed by atoms with Gasteiger partial charge in [0.15, 0.2) is 0 Å². The van der Waals surface area contributed by atoms with E-state index >= 15 is 0 Å². The van der Waals surface area contributed by atoms with Crippen molar-refractivity contribution in [3.63, 3.8) is 0 Å². The molecule has 2 aromatic carbocycles. The maximum Gasteiger partial charge on any atom is 0.255 e. The summed E-state index contributed by atoms with van der Waals surface area (Å²) in [5.41, 5.74) is 3.61. The van der Waals surface area contributed by atoms with Crippen LogP contribution < -0.4 is 10.6 Å².